The van der Waals surface area contributed by atoms with Crippen molar-refractivity contribution < 1.29 is 9.59 Å². The van der Waals surface area contributed by atoms with Gasteiger partial charge in [0.25, 0.3) is 5.56 Å². The monoisotopic (exact) mass is 410 g/mol. The average Bonchev–Trinajstić information content (AvgIpc) is 3.36. The van der Waals surface area contributed by atoms with Gasteiger partial charge in [0.1, 0.15) is 0 Å². The molecule has 0 amide bonds. The SMILES string of the molecule is CC(=O)c1nc2sc(N3CCC[C@@H]3C(=O)CCc3ccccc3)nc2c(=O)n1C. The van der Waals surface area contributed by atoms with Crippen molar-refractivity contribution >= 4 is 38.4 Å². The van der Waals surface area contributed by atoms with Gasteiger partial charge in [-0.1, -0.05) is 41.7 Å². The van der Waals surface area contributed by atoms with Gasteiger partial charge in [-0.15, -0.1) is 0 Å². The van der Waals surface area contributed by atoms with Crippen molar-refractivity contribution in [1.29, 1.82) is 0 Å². The van der Waals surface area contributed by atoms with Crippen molar-refractivity contribution in [2.75, 3.05) is 11.4 Å². The molecule has 3 aromatic rings. The van der Waals surface area contributed by atoms with Gasteiger partial charge in [0.2, 0.25) is 0 Å². The highest BCUT2D eigenvalue weighted by Gasteiger charge is 2.32. The number of carbonyl (C=O) groups is 2. The van der Waals surface area contributed by atoms with Crippen LogP contribution in [0.1, 0.15) is 42.4 Å². The zero-order valence-electron chi connectivity index (χ0n) is 16.4. The second kappa shape index (κ2) is 7.87. The number of fused-ring (bicyclic) bond motifs is 1. The summed E-state index contributed by atoms with van der Waals surface area (Å²) in [4.78, 5) is 48.5. The maximum atomic E-state index is 12.9. The largest absolute Gasteiger partial charge is 0.338 e. The molecule has 1 fully saturated rings. The van der Waals surface area contributed by atoms with E-state index in [0.29, 0.717) is 22.8 Å². The highest BCUT2D eigenvalue weighted by molar-refractivity contribution is 7.21. The number of hydrogen-bond acceptors (Lipinski definition) is 7. The Bertz CT molecular complexity index is 1140. The van der Waals surface area contributed by atoms with Crippen LogP contribution < -0.4 is 10.5 Å². The number of ketones is 2. The minimum absolute atomic E-state index is 0.120. The van der Waals surface area contributed by atoms with Crippen LogP contribution in [0.2, 0.25) is 0 Å². The van der Waals surface area contributed by atoms with Crippen LogP contribution in [0.15, 0.2) is 35.1 Å². The molecule has 2 aromatic heterocycles. The second-order valence-corrected chi connectivity index (χ2v) is 8.27. The van der Waals surface area contributed by atoms with E-state index in [4.69, 9.17) is 0 Å². The van der Waals surface area contributed by atoms with Gasteiger partial charge in [0.15, 0.2) is 32.9 Å². The Morgan fingerprint density at radius 3 is 2.69 bits per heavy atom. The Kier molecular flexibility index (Phi) is 5.27. The number of benzene rings is 1. The molecule has 1 saturated heterocycles. The fraction of sp³-hybridized carbons (Fsp3) is 0.381. The first-order chi connectivity index (χ1) is 14.0. The molecule has 3 heterocycles. The van der Waals surface area contributed by atoms with Gasteiger partial charge in [0, 0.05) is 26.9 Å². The molecule has 0 spiro atoms. The Hall–Kier alpha value is -2.87. The first-order valence-corrected chi connectivity index (χ1v) is 10.5. The van der Waals surface area contributed by atoms with Gasteiger partial charge in [-0.3, -0.25) is 19.0 Å². The van der Waals surface area contributed by atoms with Crippen LogP contribution in [-0.2, 0) is 18.3 Å². The van der Waals surface area contributed by atoms with E-state index in [1.807, 2.05) is 35.2 Å². The van der Waals surface area contributed by atoms with Gasteiger partial charge < -0.3 is 4.90 Å². The molecule has 1 atom stereocenters. The van der Waals surface area contributed by atoms with Crippen molar-refractivity contribution in [1.82, 2.24) is 14.5 Å². The number of nitrogens with zero attached hydrogens (tertiary/aromatic N) is 4. The number of carbonyl (C=O) groups excluding carboxylic acids is 2. The lowest BCUT2D eigenvalue weighted by Gasteiger charge is -2.22. The highest BCUT2D eigenvalue weighted by Crippen LogP contribution is 2.32. The minimum atomic E-state index is -0.339. The van der Waals surface area contributed by atoms with Crippen molar-refractivity contribution in [3.8, 4) is 0 Å². The number of Topliss-reactive ketones (excluding diaryl/α,β-unsaturated/α-hetero) is 2. The van der Waals surface area contributed by atoms with Crippen molar-refractivity contribution in [2.24, 2.45) is 7.05 Å². The van der Waals surface area contributed by atoms with Crippen LogP contribution in [0.25, 0.3) is 10.3 Å². The third-order valence-corrected chi connectivity index (χ3v) is 6.30. The molecule has 0 bridgehead atoms. The molecule has 0 unspecified atom stereocenters. The van der Waals surface area contributed by atoms with E-state index in [9.17, 15) is 14.4 Å². The molecule has 29 heavy (non-hydrogen) atoms. The maximum Gasteiger partial charge on any atom is 0.281 e. The molecule has 1 aliphatic heterocycles. The van der Waals surface area contributed by atoms with Crippen LogP contribution in [0.4, 0.5) is 5.13 Å². The molecular formula is C21H22N4O3S. The molecule has 0 saturated carbocycles. The number of aromatic nitrogens is 3. The minimum Gasteiger partial charge on any atom is -0.338 e. The fourth-order valence-corrected chi connectivity index (χ4v) is 4.80. The van der Waals surface area contributed by atoms with Crippen LogP contribution in [-0.4, -0.2) is 38.7 Å². The molecule has 1 aromatic carbocycles. The average molecular weight is 410 g/mol. The fourth-order valence-electron chi connectivity index (χ4n) is 3.79. The third kappa shape index (κ3) is 3.72. The summed E-state index contributed by atoms with van der Waals surface area (Å²) in [5, 5.41) is 0.626. The zero-order valence-corrected chi connectivity index (χ0v) is 17.2. The van der Waals surface area contributed by atoms with Gasteiger partial charge in [-0.25, -0.2) is 9.97 Å². The lowest BCUT2D eigenvalue weighted by atomic mass is 10.0. The predicted molar refractivity (Wildman–Crippen MR) is 113 cm³/mol. The number of hydrogen-bond donors (Lipinski definition) is 0. The van der Waals surface area contributed by atoms with E-state index in [-0.39, 0.29) is 34.5 Å². The molecule has 0 radical (unpaired) electrons. The Morgan fingerprint density at radius 2 is 1.97 bits per heavy atom. The lowest BCUT2D eigenvalue weighted by Crippen LogP contribution is -2.36. The molecule has 1 aliphatic rings. The van der Waals surface area contributed by atoms with Gasteiger partial charge in [-0.2, -0.15) is 0 Å². The van der Waals surface area contributed by atoms with Crippen molar-refractivity contribution in [3.05, 3.63) is 52.1 Å². The third-order valence-electron chi connectivity index (χ3n) is 5.32. The van der Waals surface area contributed by atoms with E-state index in [0.717, 1.165) is 24.9 Å². The summed E-state index contributed by atoms with van der Waals surface area (Å²) in [6.45, 7) is 2.11. The van der Waals surface area contributed by atoms with Crippen LogP contribution in [0, 0.1) is 0 Å². The van der Waals surface area contributed by atoms with Gasteiger partial charge in [-0.05, 0) is 24.8 Å². The maximum absolute atomic E-state index is 12.9. The molecule has 0 N–H and O–H groups in total. The summed E-state index contributed by atoms with van der Waals surface area (Å²) in [6.07, 6.45) is 2.88. The molecule has 150 valence electrons. The standard InChI is InChI=1S/C21H22N4O3S/c1-13(26)18-23-19-17(20(28)24(18)2)22-21(29-19)25-12-6-9-15(25)16(27)11-10-14-7-4-3-5-8-14/h3-5,7-8,15H,6,9-12H2,1-2H3/t15-/m1/s1. The topological polar surface area (TPSA) is 85.2 Å². The van der Waals surface area contributed by atoms with E-state index in [1.54, 1.807) is 0 Å². The zero-order chi connectivity index (χ0) is 20.5. The first kappa shape index (κ1) is 19.4. The predicted octanol–water partition coefficient (Wildman–Crippen LogP) is 2.76. The second-order valence-electron chi connectivity index (χ2n) is 7.31. The Morgan fingerprint density at radius 1 is 1.21 bits per heavy atom. The van der Waals surface area contributed by atoms with Crippen LogP contribution >= 0.6 is 11.3 Å². The summed E-state index contributed by atoms with van der Waals surface area (Å²) in [7, 11) is 1.52. The molecule has 7 nitrogen and oxygen atoms in total. The van der Waals surface area contributed by atoms with E-state index in [2.05, 4.69) is 9.97 Å². The Balaban J connectivity index is 1.59. The van der Waals surface area contributed by atoms with Crippen LogP contribution in [0.3, 0.4) is 0 Å². The summed E-state index contributed by atoms with van der Waals surface area (Å²) < 4.78 is 1.24. The molecule has 4 rings (SSSR count). The molecular weight excluding hydrogens is 388 g/mol. The summed E-state index contributed by atoms with van der Waals surface area (Å²) in [5.74, 6) is 0.0436. The van der Waals surface area contributed by atoms with E-state index < -0.39 is 0 Å². The van der Waals surface area contributed by atoms with Crippen LogP contribution in [0.5, 0.6) is 0 Å². The Labute approximate surface area is 172 Å². The molecule has 0 aliphatic carbocycles. The normalized spacial score (nSPS) is 16.5. The quantitative estimate of drug-likeness (QED) is 0.581. The lowest BCUT2D eigenvalue weighted by molar-refractivity contribution is -0.120. The number of thiazole rings is 1. The van der Waals surface area contributed by atoms with E-state index >= 15 is 0 Å². The van der Waals surface area contributed by atoms with Gasteiger partial charge >= 0.3 is 0 Å². The smallest absolute Gasteiger partial charge is 0.281 e. The van der Waals surface area contributed by atoms with Crippen molar-refractivity contribution in [3.63, 3.8) is 0 Å². The number of aryl methyl sites for hydroxylation is 1. The molecule has 8 heteroatoms. The number of anilines is 1. The van der Waals surface area contributed by atoms with E-state index in [1.165, 1.54) is 29.9 Å². The highest BCUT2D eigenvalue weighted by atomic mass is 32.1. The van der Waals surface area contributed by atoms with Crippen molar-refractivity contribution in [2.45, 2.75) is 38.6 Å². The first-order valence-electron chi connectivity index (χ1n) is 9.67. The van der Waals surface area contributed by atoms with Gasteiger partial charge in [0.05, 0.1) is 6.04 Å². The summed E-state index contributed by atoms with van der Waals surface area (Å²) in [5.41, 5.74) is 1.06. The summed E-state index contributed by atoms with van der Waals surface area (Å²) >= 11 is 1.27. The summed E-state index contributed by atoms with van der Waals surface area (Å²) in [6, 6.07) is 9.75. The number of rotatable bonds is 6.